The monoisotopic (exact) mass is 346 g/mol. The van der Waals surface area contributed by atoms with E-state index < -0.39 is 17.4 Å². The minimum absolute atomic E-state index is 0.0999. The Morgan fingerprint density at radius 3 is 2.40 bits per heavy atom. The molecular formula is C19H26N2O4. The molecular weight excluding hydrogens is 320 g/mol. The van der Waals surface area contributed by atoms with Crippen LogP contribution < -0.4 is 5.32 Å². The van der Waals surface area contributed by atoms with Gasteiger partial charge in [0.15, 0.2) is 0 Å². The minimum atomic E-state index is -0.919. The molecule has 1 aliphatic rings. The zero-order chi connectivity index (χ0) is 18.8. The number of carboxylic acids is 1. The Balaban J connectivity index is 2.13. The first-order chi connectivity index (χ1) is 11.7. The highest BCUT2D eigenvalue weighted by molar-refractivity contribution is 5.98. The zero-order valence-corrected chi connectivity index (χ0v) is 15.2. The lowest BCUT2D eigenvalue weighted by atomic mass is 9.90. The first kappa shape index (κ1) is 19.0. The van der Waals surface area contributed by atoms with E-state index in [1.54, 1.807) is 24.0 Å². The van der Waals surface area contributed by atoms with Gasteiger partial charge in [0.05, 0.1) is 5.41 Å². The summed E-state index contributed by atoms with van der Waals surface area (Å²) in [4.78, 5) is 38.4. The number of likely N-dealkylation sites (tertiary alicyclic amines) is 1. The third-order valence-corrected chi connectivity index (χ3v) is 4.91. The quantitative estimate of drug-likeness (QED) is 0.854. The molecule has 1 heterocycles. The number of carbonyl (C=O) groups excluding carboxylic acids is 2. The molecule has 2 amide bonds. The summed E-state index contributed by atoms with van der Waals surface area (Å²) in [5.41, 5.74) is 0.462. The number of benzene rings is 1. The van der Waals surface area contributed by atoms with Gasteiger partial charge >= 0.3 is 5.97 Å². The van der Waals surface area contributed by atoms with Gasteiger partial charge in [-0.1, -0.05) is 32.0 Å². The molecule has 0 spiro atoms. The molecule has 25 heavy (non-hydrogen) atoms. The highest BCUT2D eigenvalue weighted by Crippen LogP contribution is 2.30. The van der Waals surface area contributed by atoms with Crippen molar-refractivity contribution in [2.75, 3.05) is 13.1 Å². The maximum Gasteiger partial charge on any atom is 0.311 e. The summed E-state index contributed by atoms with van der Waals surface area (Å²) in [6.45, 7) is 7.80. The van der Waals surface area contributed by atoms with Crippen molar-refractivity contribution in [1.29, 1.82) is 0 Å². The van der Waals surface area contributed by atoms with Gasteiger partial charge in [0, 0.05) is 18.7 Å². The van der Waals surface area contributed by atoms with E-state index in [0.29, 0.717) is 18.5 Å². The second kappa shape index (κ2) is 7.25. The molecule has 1 fully saturated rings. The van der Waals surface area contributed by atoms with Crippen LogP contribution in [-0.4, -0.2) is 46.9 Å². The van der Waals surface area contributed by atoms with Gasteiger partial charge in [-0.25, -0.2) is 0 Å². The van der Waals surface area contributed by atoms with Crippen molar-refractivity contribution >= 4 is 17.8 Å². The van der Waals surface area contributed by atoms with Crippen LogP contribution in [0.5, 0.6) is 0 Å². The smallest absolute Gasteiger partial charge is 0.311 e. The Morgan fingerprint density at radius 1 is 1.24 bits per heavy atom. The number of hydrogen-bond donors (Lipinski definition) is 2. The van der Waals surface area contributed by atoms with Crippen molar-refractivity contribution in [3.63, 3.8) is 0 Å². The summed E-state index contributed by atoms with van der Waals surface area (Å²) < 4.78 is 0. The van der Waals surface area contributed by atoms with E-state index in [0.717, 1.165) is 5.56 Å². The molecule has 6 heteroatoms. The van der Waals surface area contributed by atoms with Crippen molar-refractivity contribution in [3.05, 3.63) is 35.4 Å². The number of aryl methyl sites for hydroxylation is 1. The third kappa shape index (κ3) is 4.00. The Morgan fingerprint density at radius 2 is 1.88 bits per heavy atom. The summed E-state index contributed by atoms with van der Waals surface area (Å²) in [5.74, 6) is -1.50. The molecule has 2 N–H and O–H groups in total. The van der Waals surface area contributed by atoms with Crippen LogP contribution >= 0.6 is 0 Å². The molecule has 136 valence electrons. The SMILES string of the molecule is Cc1ccccc1C(=O)NC(C(=O)N1CCC(C)(C(=O)O)C1)C(C)C. The maximum atomic E-state index is 12.9. The largest absolute Gasteiger partial charge is 0.481 e. The van der Waals surface area contributed by atoms with Gasteiger partial charge in [0.25, 0.3) is 5.91 Å². The fraction of sp³-hybridized carbons (Fsp3) is 0.526. The van der Waals surface area contributed by atoms with E-state index in [-0.39, 0.29) is 24.3 Å². The Bertz CT molecular complexity index is 686. The highest BCUT2D eigenvalue weighted by atomic mass is 16.4. The predicted molar refractivity (Wildman–Crippen MR) is 94.2 cm³/mol. The van der Waals surface area contributed by atoms with Crippen LogP contribution in [0.1, 0.15) is 43.1 Å². The zero-order valence-electron chi connectivity index (χ0n) is 15.2. The van der Waals surface area contributed by atoms with Gasteiger partial charge in [-0.2, -0.15) is 0 Å². The fourth-order valence-electron chi connectivity index (χ4n) is 3.08. The van der Waals surface area contributed by atoms with E-state index in [4.69, 9.17) is 0 Å². The summed E-state index contributed by atoms with van der Waals surface area (Å²) in [7, 11) is 0. The van der Waals surface area contributed by atoms with Crippen LogP contribution in [0, 0.1) is 18.3 Å². The molecule has 1 aromatic rings. The molecule has 0 radical (unpaired) electrons. The van der Waals surface area contributed by atoms with Crippen molar-refractivity contribution in [1.82, 2.24) is 10.2 Å². The Hall–Kier alpha value is -2.37. The molecule has 2 unspecified atom stereocenters. The van der Waals surface area contributed by atoms with Crippen LogP contribution in [-0.2, 0) is 9.59 Å². The molecule has 2 rings (SSSR count). The van der Waals surface area contributed by atoms with Gasteiger partial charge in [0.2, 0.25) is 5.91 Å². The third-order valence-electron chi connectivity index (χ3n) is 4.91. The Labute approximate surface area is 148 Å². The number of amides is 2. The highest BCUT2D eigenvalue weighted by Gasteiger charge is 2.44. The van der Waals surface area contributed by atoms with Crippen LogP contribution in [0.2, 0.25) is 0 Å². The molecule has 1 aromatic carbocycles. The summed E-state index contributed by atoms with van der Waals surface area (Å²) in [6, 6.07) is 6.54. The number of carboxylic acid groups (broad SMARTS) is 1. The molecule has 1 aliphatic heterocycles. The van der Waals surface area contributed by atoms with Gasteiger partial charge in [-0.3, -0.25) is 14.4 Å². The van der Waals surface area contributed by atoms with Crippen molar-refractivity contribution < 1.29 is 19.5 Å². The van der Waals surface area contributed by atoms with Crippen LogP contribution in [0.15, 0.2) is 24.3 Å². The topological polar surface area (TPSA) is 86.7 Å². The van der Waals surface area contributed by atoms with E-state index >= 15 is 0 Å². The number of nitrogens with zero attached hydrogens (tertiary/aromatic N) is 1. The number of aliphatic carboxylic acids is 1. The summed E-state index contributed by atoms with van der Waals surface area (Å²) in [6.07, 6.45) is 0.421. The van der Waals surface area contributed by atoms with Gasteiger partial charge in [-0.05, 0) is 37.8 Å². The van der Waals surface area contributed by atoms with Crippen molar-refractivity contribution in [3.8, 4) is 0 Å². The van der Waals surface area contributed by atoms with E-state index in [2.05, 4.69) is 5.32 Å². The number of hydrogen-bond acceptors (Lipinski definition) is 3. The van der Waals surface area contributed by atoms with Gasteiger partial charge in [-0.15, -0.1) is 0 Å². The fourth-order valence-corrected chi connectivity index (χ4v) is 3.08. The van der Waals surface area contributed by atoms with Crippen LogP contribution in [0.25, 0.3) is 0 Å². The number of rotatable bonds is 5. The molecule has 0 aliphatic carbocycles. The summed E-state index contributed by atoms with van der Waals surface area (Å²) >= 11 is 0. The lowest BCUT2D eigenvalue weighted by Gasteiger charge is -2.28. The predicted octanol–water partition coefficient (Wildman–Crippen LogP) is 2.07. The average Bonchev–Trinajstić information content (AvgIpc) is 2.96. The first-order valence-corrected chi connectivity index (χ1v) is 8.54. The molecule has 0 aromatic heterocycles. The van der Waals surface area contributed by atoms with Crippen molar-refractivity contribution in [2.24, 2.45) is 11.3 Å². The average molecular weight is 346 g/mol. The maximum absolute atomic E-state index is 12.9. The van der Waals surface area contributed by atoms with E-state index in [1.807, 2.05) is 32.9 Å². The van der Waals surface area contributed by atoms with Crippen LogP contribution in [0.3, 0.4) is 0 Å². The normalized spacial score (nSPS) is 21.2. The Kier molecular flexibility index (Phi) is 5.50. The summed E-state index contributed by atoms with van der Waals surface area (Å²) in [5, 5.41) is 12.2. The lowest BCUT2D eigenvalue weighted by molar-refractivity contribution is -0.147. The first-order valence-electron chi connectivity index (χ1n) is 8.54. The van der Waals surface area contributed by atoms with Gasteiger partial charge < -0.3 is 15.3 Å². The standard InChI is InChI=1S/C19H26N2O4/c1-12(2)15(20-16(22)14-8-6-5-7-13(14)3)17(23)21-10-9-19(4,11-21)18(24)25/h5-8,12,15H,9-11H2,1-4H3,(H,20,22)(H,24,25). The van der Waals surface area contributed by atoms with E-state index in [9.17, 15) is 19.5 Å². The second-order valence-electron chi connectivity index (χ2n) is 7.39. The molecule has 2 atom stereocenters. The molecule has 0 saturated carbocycles. The van der Waals surface area contributed by atoms with Crippen LogP contribution in [0.4, 0.5) is 0 Å². The molecule has 0 bridgehead atoms. The minimum Gasteiger partial charge on any atom is -0.481 e. The molecule has 6 nitrogen and oxygen atoms in total. The second-order valence-corrected chi connectivity index (χ2v) is 7.39. The lowest BCUT2D eigenvalue weighted by Crippen LogP contribution is -2.51. The number of nitrogens with one attached hydrogen (secondary N) is 1. The number of carbonyl (C=O) groups is 3. The molecule has 1 saturated heterocycles. The van der Waals surface area contributed by atoms with Gasteiger partial charge in [0.1, 0.15) is 6.04 Å². The van der Waals surface area contributed by atoms with E-state index in [1.165, 1.54) is 0 Å². The van der Waals surface area contributed by atoms with Crippen molar-refractivity contribution in [2.45, 2.75) is 40.2 Å².